The molecule has 0 aromatic heterocycles. The summed E-state index contributed by atoms with van der Waals surface area (Å²) in [6.07, 6.45) is 48.3. The molecule has 0 aliphatic carbocycles. The Balaban J connectivity index is 1.88. The maximum absolute atomic E-state index is 12.4. The van der Waals surface area contributed by atoms with E-state index in [1.807, 2.05) is 0 Å². The highest BCUT2D eigenvalue weighted by Gasteiger charge is 2.11. The molecule has 0 N–H and O–H groups in total. The van der Waals surface area contributed by atoms with Gasteiger partial charge in [-0.3, -0.25) is 0 Å². The van der Waals surface area contributed by atoms with Gasteiger partial charge >= 0.3 is 11.9 Å². The fourth-order valence-corrected chi connectivity index (χ4v) is 7.25. The highest BCUT2D eigenvalue weighted by molar-refractivity contribution is 5.93. The lowest BCUT2D eigenvalue weighted by molar-refractivity contribution is 0.0483. The van der Waals surface area contributed by atoms with Crippen LogP contribution in [-0.2, 0) is 9.47 Å². The lowest BCUT2D eigenvalue weighted by atomic mass is 10.0. The summed E-state index contributed by atoms with van der Waals surface area (Å²) < 4.78 is 10.9. The Bertz CT molecular complexity index is 821. The Morgan fingerprint density at radius 2 is 0.481 bits per heavy atom. The average Bonchev–Trinajstić information content (AvgIpc) is 3.16. The maximum Gasteiger partial charge on any atom is 0.338 e. The summed E-state index contributed by atoms with van der Waals surface area (Å²) in [6.45, 7) is 5.49. The molecular formula is C48H86O4. The second-order valence-electron chi connectivity index (χ2n) is 15.9. The molecule has 0 aliphatic heterocycles. The SMILES string of the molecule is CCCCCCCCCCCCCCCCCCCCOC(=O)c1ccc(C(=O)OCCCCCCCCCCCCCCCCCCCC)cc1. The molecular weight excluding hydrogens is 641 g/mol. The van der Waals surface area contributed by atoms with Gasteiger partial charge in [0, 0.05) is 0 Å². The van der Waals surface area contributed by atoms with Crippen LogP contribution < -0.4 is 0 Å². The van der Waals surface area contributed by atoms with Crippen molar-refractivity contribution in [3.8, 4) is 0 Å². The molecule has 0 radical (unpaired) electrons. The summed E-state index contributed by atoms with van der Waals surface area (Å²) in [6, 6.07) is 6.69. The van der Waals surface area contributed by atoms with E-state index in [1.54, 1.807) is 24.3 Å². The maximum atomic E-state index is 12.4. The first-order valence-corrected chi connectivity index (χ1v) is 23.1. The number of hydrogen-bond donors (Lipinski definition) is 0. The summed E-state index contributed by atoms with van der Waals surface area (Å²) in [5, 5.41) is 0. The summed E-state index contributed by atoms with van der Waals surface area (Å²) >= 11 is 0. The number of carbonyl (C=O) groups is 2. The van der Waals surface area contributed by atoms with Crippen LogP contribution >= 0.6 is 0 Å². The molecule has 4 heteroatoms. The first kappa shape index (κ1) is 48.2. The predicted octanol–water partition coefficient (Wildman–Crippen LogP) is 16.1. The average molecular weight is 727 g/mol. The second kappa shape index (κ2) is 38.9. The molecule has 0 fully saturated rings. The lowest BCUT2D eigenvalue weighted by Gasteiger charge is -2.07. The van der Waals surface area contributed by atoms with Crippen molar-refractivity contribution >= 4 is 11.9 Å². The Hall–Kier alpha value is -1.84. The lowest BCUT2D eigenvalue weighted by Crippen LogP contribution is -2.09. The fraction of sp³-hybridized carbons (Fsp3) is 0.833. The van der Waals surface area contributed by atoms with Crippen LogP contribution in [0.5, 0.6) is 0 Å². The van der Waals surface area contributed by atoms with Gasteiger partial charge in [0.05, 0.1) is 24.3 Å². The smallest absolute Gasteiger partial charge is 0.338 e. The number of rotatable bonds is 40. The number of esters is 2. The summed E-state index contributed by atoms with van der Waals surface area (Å²) in [5.74, 6) is -0.628. The van der Waals surface area contributed by atoms with E-state index in [2.05, 4.69) is 13.8 Å². The van der Waals surface area contributed by atoms with Crippen molar-refractivity contribution in [3.05, 3.63) is 35.4 Å². The third kappa shape index (κ3) is 31.7. The van der Waals surface area contributed by atoms with E-state index in [4.69, 9.17) is 9.47 Å². The Morgan fingerprint density at radius 3 is 0.673 bits per heavy atom. The van der Waals surface area contributed by atoms with Crippen molar-refractivity contribution in [2.75, 3.05) is 13.2 Å². The van der Waals surface area contributed by atoms with Gasteiger partial charge in [-0.25, -0.2) is 9.59 Å². The third-order valence-electron chi connectivity index (χ3n) is 10.8. The molecule has 0 unspecified atom stereocenters. The molecule has 4 nitrogen and oxygen atoms in total. The van der Waals surface area contributed by atoms with Gasteiger partial charge in [0.15, 0.2) is 0 Å². The van der Waals surface area contributed by atoms with Crippen molar-refractivity contribution in [2.24, 2.45) is 0 Å². The summed E-state index contributed by atoms with van der Waals surface area (Å²) in [4.78, 5) is 24.9. The molecule has 0 spiro atoms. The molecule has 0 saturated heterocycles. The van der Waals surface area contributed by atoms with Gasteiger partial charge in [0.25, 0.3) is 0 Å². The van der Waals surface area contributed by atoms with E-state index < -0.39 is 0 Å². The Labute approximate surface area is 323 Å². The topological polar surface area (TPSA) is 52.6 Å². The van der Waals surface area contributed by atoms with Crippen molar-refractivity contribution in [3.63, 3.8) is 0 Å². The van der Waals surface area contributed by atoms with Crippen LogP contribution in [0.3, 0.4) is 0 Å². The van der Waals surface area contributed by atoms with Crippen LogP contribution in [-0.4, -0.2) is 25.2 Å². The minimum atomic E-state index is -0.314. The minimum absolute atomic E-state index is 0.314. The van der Waals surface area contributed by atoms with E-state index in [0.717, 1.165) is 25.7 Å². The van der Waals surface area contributed by atoms with Gasteiger partial charge < -0.3 is 9.47 Å². The van der Waals surface area contributed by atoms with E-state index in [1.165, 1.54) is 205 Å². The van der Waals surface area contributed by atoms with Crippen LogP contribution in [0.15, 0.2) is 24.3 Å². The van der Waals surface area contributed by atoms with E-state index in [-0.39, 0.29) is 11.9 Å². The van der Waals surface area contributed by atoms with E-state index in [9.17, 15) is 9.59 Å². The van der Waals surface area contributed by atoms with Crippen LogP contribution in [0.2, 0.25) is 0 Å². The van der Waals surface area contributed by atoms with Crippen molar-refractivity contribution in [1.29, 1.82) is 0 Å². The zero-order valence-electron chi connectivity index (χ0n) is 34.8. The highest BCUT2D eigenvalue weighted by Crippen LogP contribution is 2.17. The van der Waals surface area contributed by atoms with Crippen molar-refractivity contribution < 1.29 is 19.1 Å². The molecule has 0 saturated carbocycles. The molecule has 0 aliphatic rings. The van der Waals surface area contributed by atoms with Crippen LogP contribution in [0.25, 0.3) is 0 Å². The zero-order chi connectivity index (χ0) is 37.4. The molecule has 0 amide bonds. The number of ether oxygens (including phenoxy) is 2. The molecule has 1 aromatic rings. The monoisotopic (exact) mass is 727 g/mol. The first-order chi connectivity index (χ1) is 25.7. The number of unbranched alkanes of at least 4 members (excludes halogenated alkanes) is 34. The molecule has 0 heterocycles. The first-order valence-electron chi connectivity index (χ1n) is 23.1. The van der Waals surface area contributed by atoms with Gasteiger partial charge in [-0.05, 0) is 37.1 Å². The molecule has 0 atom stereocenters. The van der Waals surface area contributed by atoms with Crippen molar-refractivity contribution in [1.82, 2.24) is 0 Å². The van der Waals surface area contributed by atoms with Crippen LogP contribution in [0, 0.1) is 0 Å². The number of carbonyl (C=O) groups excluding carboxylic acids is 2. The second-order valence-corrected chi connectivity index (χ2v) is 15.9. The molecule has 1 aromatic carbocycles. The van der Waals surface area contributed by atoms with E-state index in [0.29, 0.717) is 24.3 Å². The normalized spacial score (nSPS) is 11.3. The largest absolute Gasteiger partial charge is 0.462 e. The van der Waals surface area contributed by atoms with Gasteiger partial charge in [0.2, 0.25) is 0 Å². The number of hydrogen-bond acceptors (Lipinski definition) is 4. The molecule has 52 heavy (non-hydrogen) atoms. The number of benzene rings is 1. The third-order valence-corrected chi connectivity index (χ3v) is 10.8. The van der Waals surface area contributed by atoms with Gasteiger partial charge in [-0.15, -0.1) is 0 Å². The van der Waals surface area contributed by atoms with E-state index >= 15 is 0 Å². The fourth-order valence-electron chi connectivity index (χ4n) is 7.25. The van der Waals surface area contributed by atoms with Crippen LogP contribution in [0.4, 0.5) is 0 Å². The van der Waals surface area contributed by atoms with Gasteiger partial charge in [-0.2, -0.15) is 0 Å². The summed E-state index contributed by atoms with van der Waals surface area (Å²) in [5.41, 5.74) is 0.977. The Morgan fingerprint density at radius 1 is 0.308 bits per heavy atom. The minimum Gasteiger partial charge on any atom is -0.462 e. The van der Waals surface area contributed by atoms with Crippen molar-refractivity contribution in [2.45, 2.75) is 245 Å². The molecule has 1 rings (SSSR count). The van der Waals surface area contributed by atoms with Gasteiger partial charge in [0.1, 0.15) is 0 Å². The predicted molar refractivity (Wildman–Crippen MR) is 225 cm³/mol. The quantitative estimate of drug-likeness (QED) is 0.0499. The zero-order valence-corrected chi connectivity index (χ0v) is 34.8. The molecule has 0 bridgehead atoms. The van der Waals surface area contributed by atoms with Gasteiger partial charge in [-0.1, -0.05) is 232 Å². The Kier molecular flexibility index (Phi) is 36.0. The standard InChI is InChI=1S/C48H86O4/c1-3-5-7-9-11-13-15-17-19-21-23-25-27-29-31-33-35-37-43-51-47(49)45-39-41-46(42-40-45)48(50)52-44-38-36-34-32-30-28-26-24-22-20-18-16-14-12-10-8-6-4-2/h39-42H,3-38,43-44H2,1-2H3. The molecule has 302 valence electrons. The highest BCUT2D eigenvalue weighted by atomic mass is 16.5. The van der Waals surface area contributed by atoms with Crippen LogP contribution in [0.1, 0.15) is 266 Å². The summed E-state index contributed by atoms with van der Waals surface area (Å²) in [7, 11) is 0.